The number of benzene rings is 1. The van der Waals surface area contributed by atoms with Gasteiger partial charge in [0.15, 0.2) is 5.65 Å². The minimum Gasteiger partial charge on any atom is -0.479 e. The molecule has 5 rings (SSSR count). The van der Waals surface area contributed by atoms with Crippen molar-refractivity contribution in [3.8, 4) is 22.8 Å². The number of hydrogen-bond donors (Lipinski definition) is 0. The highest BCUT2D eigenvalue weighted by atomic mass is 16.5. The van der Waals surface area contributed by atoms with E-state index in [-0.39, 0.29) is 5.92 Å². The van der Waals surface area contributed by atoms with Crippen LogP contribution >= 0.6 is 0 Å². The van der Waals surface area contributed by atoms with Gasteiger partial charge in [0.05, 0.1) is 18.3 Å². The van der Waals surface area contributed by atoms with Crippen LogP contribution in [0.15, 0.2) is 73.1 Å². The van der Waals surface area contributed by atoms with Crippen molar-refractivity contribution in [1.82, 2.24) is 34.3 Å². The topological polar surface area (TPSA) is 75.6 Å². The highest BCUT2D eigenvalue weighted by molar-refractivity contribution is 5.94. The van der Waals surface area contributed by atoms with E-state index in [9.17, 15) is 0 Å². The molecule has 0 unspecified atom stereocenters. The van der Waals surface area contributed by atoms with Crippen LogP contribution in [-0.2, 0) is 13.6 Å². The maximum atomic E-state index is 5.70. The Morgan fingerprint density at radius 2 is 1.83 bits per heavy atom. The van der Waals surface area contributed by atoms with Crippen LogP contribution in [0.5, 0.6) is 5.88 Å². The fourth-order valence-corrected chi connectivity index (χ4v) is 5.25. The summed E-state index contributed by atoms with van der Waals surface area (Å²) in [6, 6.07) is 8.31. The third-order valence-corrected chi connectivity index (χ3v) is 7.41. The van der Waals surface area contributed by atoms with Gasteiger partial charge in [-0.1, -0.05) is 83.2 Å². The van der Waals surface area contributed by atoms with Crippen LogP contribution in [0.25, 0.3) is 38.9 Å². The molecule has 0 saturated carbocycles. The summed E-state index contributed by atoms with van der Waals surface area (Å²) >= 11 is 0. The summed E-state index contributed by atoms with van der Waals surface area (Å²) in [5.74, 6) is 1.08. The van der Waals surface area contributed by atoms with E-state index in [2.05, 4.69) is 86.4 Å². The average molecular weight is 566 g/mol. The standard InChI is InChI=1S/C32H37N7O.C2H6/c1-9-10-11-13-21(4)22(5)17-38-19-26-25(14-12-15-27(26)34-38)30-29(20(2)3)23(6)39(35-30)28-16-24-18-37(7)36-31(24)33-32(28)40-8;1-2/h9-16,18-20,22H,1,17H2,2-8H3;1-2H3/b11-10-,21-13+;/t22-;/m0./s1. The summed E-state index contributed by atoms with van der Waals surface area (Å²) in [6.45, 7) is 19.4. The van der Waals surface area contributed by atoms with Crippen LogP contribution < -0.4 is 4.74 Å². The van der Waals surface area contributed by atoms with Crippen molar-refractivity contribution in [1.29, 1.82) is 0 Å². The van der Waals surface area contributed by atoms with Crippen LogP contribution in [0.1, 0.15) is 58.7 Å². The Balaban J connectivity index is 0.00000198. The molecule has 1 atom stereocenters. The molecule has 4 heterocycles. The van der Waals surface area contributed by atoms with Crippen molar-refractivity contribution in [3.05, 3.63) is 84.4 Å². The first-order valence-corrected chi connectivity index (χ1v) is 14.6. The molecule has 0 spiro atoms. The zero-order valence-electron chi connectivity index (χ0n) is 26.4. The molecular weight excluding hydrogens is 522 g/mol. The van der Waals surface area contributed by atoms with Gasteiger partial charge in [0.1, 0.15) is 5.69 Å². The van der Waals surface area contributed by atoms with Gasteiger partial charge in [-0.3, -0.25) is 9.36 Å². The number of aryl methyl sites for hydroxylation is 1. The summed E-state index contributed by atoms with van der Waals surface area (Å²) in [5, 5.41) is 16.6. The second-order valence-corrected chi connectivity index (χ2v) is 10.7. The van der Waals surface area contributed by atoms with Crippen molar-refractivity contribution in [2.45, 2.75) is 60.9 Å². The Kier molecular flexibility index (Phi) is 9.45. The quantitative estimate of drug-likeness (QED) is 0.169. The Bertz CT molecular complexity index is 1760. The number of allylic oxidation sites excluding steroid dienone is 5. The first-order chi connectivity index (χ1) is 20.2. The number of pyridine rings is 1. The van der Waals surface area contributed by atoms with E-state index in [1.54, 1.807) is 17.9 Å². The predicted octanol–water partition coefficient (Wildman–Crippen LogP) is 7.96. The zero-order chi connectivity index (χ0) is 30.6. The molecule has 0 aliphatic rings. The number of rotatable bonds is 9. The Morgan fingerprint density at radius 3 is 2.52 bits per heavy atom. The van der Waals surface area contributed by atoms with E-state index >= 15 is 0 Å². The van der Waals surface area contributed by atoms with Crippen molar-refractivity contribution >= 4 is 21.9 Å². The highest BCUT2D eigenvalue weighted by Gasteiger charge is 2.24. The van der Waals surface area contributed by atoms with Crippen LogP contribution in [0.4, 0.5) is 0 Å². The van der Waals surface area contributed by atoms with Gasteiger partial charge in [0, 0.05) is 53.6 Å². The van der Waals surface area contributed by atoms with Gasteiger partial charge in [-0.25, -0.2) is 4.68 Å². The van der Waals surface area contributed by atoms with E-state index in [4.69, 9.17) is 14.9 Å². The molecule has 0 radical (unpaired) electrons. The number of hydrogen-bond acceptors (Lipinski definition) is 5. The molecule has 0 aliphatic heterocycles. The van der Waals surface area contributed by atoms with Crippen molar-refractivity contribution in [2.24, 2.45) is 13.0 Å². The van der Waals surface area contributed by atoms with Crippen LogP contribution in [-0.4, -0.2) is 41.4 Å². The molecule has 1 aromatic carbocycles. The maximum Gasteiger partial charge on any atom is 0.241 e. The minimum atomic E-state index is 0.256. The lowest BCUT2D eigenvalue weighted by Gasteiger charge is -2.11. The number of ether oxygens (including phenoxy) is 1. The van der Waals surface area contributed by atoms with Gasteiger partial charge in [0.2, 0.25) is 5.88 Å². The number of aromatic nitrogens is 7. The summed E-state index contributed by atoms with van der Waals surface area (Å²) in [6.07, 6.45) is 12.0. The van der Waals surface area contributed by atoms with E-state index in [0.717, 1.165) is 45.5 Å². The highest BCUT2D eigenvalue weighted by Crippen LogP contribution is 2.37. The Morgan fingerprint density at radius 1 is 1.07 bits per heavy atom. The third-order valence-electron chi connectivity index (χ3n) is 7.41. The number of methoxy groups -OCH3 is 1. The first kappa shape index (κ1) is 30.5. The predicted molar refractivity (Wildman–Crippen MR) is 173 cm³/mol. The van der Waals surface area contributed by atoms with Crippen LogP contribution in [0.3, 0.4) is 0 Å². The molecular formula is C34H43N7O. The van der Waals surface area contributed by atoms with Crippen LogP contribution in [0.2, 0.25) is 0 Å². The smallest absolute Gasteiger partial charge is 0.241 e. The normalized spacial score (nSPS) is 12.8. The molecule has 0 amide bonds. The summed E-state index contributed by atoms with van der Waals surface area (Å²) < 4.78 is 11.5. The molecule has 0 N–H and O–H groups in total. The molecule has 0 bridgehead atoms. The van der Waals surface area contributed by atoms with Gasteiger partial charge in [-0.2, -0.15) is 20.3 Å². The maximum absolute atomic E-state index is 5.70. The largest absolute Gasteiger partial charge is 0.479 e. The molecule has 8 heteroatoms. The van der Waals surface area contributed by atoms with E-state index < -0.39 is 0 Å². The molecule has 0 aliphatic carbocycles. The Labute approximate surface area is 249 Å². The summed E-state index contributed by atoms with van der Waals surface area (Å²) in [5.41, 5.74) is 7.94. The fraction of sp³-hybridized carbons (Fsp3) is 0.353. The molecule has 0 fully saturated rings. The van der Waals surface area contributed by atoms with Gasteiger partial charge in [-0.15, -0.1) is 0 Å². The lowest BCUT2D eigenvalue weighted by Crippen LogP contribution is -2.09. The lowest BCUT2D eigenvalue weighted by molar-refractivity contribution is 0.396. The number of nitrogens with zero attached hydrogens (tertiary/aromatic N) is 7. The van der Waals surface area contributed by atoms with Crippen molar-refractivity contribution in [2.75, 3.05) is 7.11 Å². The lowest BCUT2D eigenvalue weighted by atomic mass is 9.95. The zero-order valence-corrected chi connectivity index (χ0v) is 26.4. The minimum absolute atomic E-state index is 0.256. The molecule has 0 saturated heterocycles. The van der Waals surface area contributed by atoms with Gasteiger partial charge in [0.25, 0.3) is 0 Å². The molecule has 5 aromatic rings. The third kappa shape index (κ3) is 5.93. The summed E-state index contributed by atoms with van der Waals surface area (Å²) in [7, 11) is 3.52. The summed E-state index contributed by atoms with van der Waals surface area (Å²) in [4.78, 5) is 4.66. The van der Waals surface area contributed by atoms with Gasteiger partial charge >= 0.3 is 0 Å². The van der Waals surface area contributed by atoms with Gasteiger partial charge < -0.3 is 4.74 Å². The van der Waals surface area contributed by atoms with Gasteiger partial charge in [-0.05, 0) is 37.8 Å². The Hall–Kier alpha value is -4.46. The van der Waals surface area contributed by atoms with Crippen molar-refractivity contribution in [3.63, 3.8) is 0 Å². The average Bonchev–Trinajstić information content (AvgIpc) is 3.66. The molecule has 42 heavy (non-hydrogen) atoms. The number of fused-ring (bicyclic) bond motifs is 2. The van der Waals surface area contributed by atoms with E-state index in [0.29, 0.717) is 17.4 Å². The first-order valence-electron chi connectivity index (χ1n) is 14.6. The van der Waals surface area contributed by atoms with E-state index in [1.807, 2.05) is 50.0 Å². The fourth-order valence-electron chi connectivity index (χ4n) is 5.25. The monoisotopic (exact) mass is 565 g/mol. The second-order valence-electron chi connectivity index (χ2n) is 10.7. The SMILES string of the molecule is C=C/C=C\C=C(/C)[C@@H](C)Cn1cc2c(-c3nn(-c4cc5cn(C)nc5nc4OC)c(C)c3C(C)C)cccc2n1.CC. The molecule has 4 aromatic heterocycles. The molecule has 220 valence electrons. The second kappa shape index (κ2) is 13.0. The van der Waals surface area contributed by atoms with Crippen molar-refractivity contribution < 1.29 is 4.74 Å². The molecule has 8 nitrogen and oxygen atoms in total. The van der Waals surface area contributed by atoms with Crippen LogP contribution in [0, 0.1) is 12.8 Å². The van der Waals surface area contributed by atoms with E-state index in [1.165, 1.54) is 11.1 Å².